The number of hydrogen-bond donors (Lipinski definition) is 1. The van der Waals surface area contributed by atoms with Gasteiger partial charge >= 0.3 is 6.09 Å². The Morgan fingerprint density at radius 2 is 1.96 bits per heavy atom. The first-order chi connectivity index (χ1) is 11.3. The maximum absolute atomic E-state index is 12.1. The van der Waals surface area contributed by atoms with Gasteiger partial charge in [-0.1, -0.05) is 25.1 Å². The molecule has 0 atom stereocenters. The molecule has 0 spiro atoms. The zero-order valence-electron chi connectivity index (χ0n) is 15.8. The summed E-state index contributed by atoms with van der Waals surface area (Å²) >= 11 is 0. The molecule has 1 aliphatic rings. The minimum atomic E-state index is -0.420. The third-order valence-corrected chi connectivity index (χ3v) is 4.57. The van der Waals surface area contributed by atoms with Gasteiger partial charge in [-0.3, -0.25) is 0 Å². The second-order valence-corrected chi connectivity index (χ2v) is 7.75. The highest BCUT2D eigenvalue weighted by Gasteiger charge is 2.26. The van der Waals surface area contributed by atoms with Crippen molar-refractivity contribution in [3.05, 3.63) is 29.3 Å². The average molecular weight is 332 g/mol. The molecule has 1 amide bonds. The number of carbonyl (C=O) groups is 1. The van der Waals surface area contributed by atoms with Gasteiger partial charge < -0.3 is 15.0 Å². The average Bonchev–Trinajstić information content (AvgIpc) is 2.52. The van der Waals surface area contributed by atoms with E-state index in [9.17, 15) is 4.79 Å². The summed E-state index contributed by atoms with van der Waals surface area (Å²) in [6.07, 6.45) is 2.92. The van der Waals surface area contributed by atoms with Crippen LogP contribution in [0.15, 0.2) is 18.2 Å². The molecule has 1 N–H and O–H groups in total. The van der Waals surface area contributed by atoms with E-state index in [4.69, 9.17) is 4.74 Å². The number of nitrogens with one attached hydrogen (secondary N) is 1. The Balaban J connectivity index is 1.83. The predicted octanol–water partition coefficient (Wildman–Crippen LogP) is 4.62. The summed E-state index contributed by atoms with van der Waals surface area (Å²) in [5.41, 5.74) is 3.55. The second kappa shape index (κ2) is 7.91. The summed E-state index contributed by atoms with van der Waals surface area (Å²) in [4.78, 5) is 14.0. The van der Waals surface area contributed by atoms with Gasteiger partial charge in [0.1, 0.15) is 5.60 Å². The molecule has 4 heteroatoms. The van der Waals surface area contributed by atoms with Crippen LogP contribution in [-0.2, 0) is 11.2 Å². The first-order valence-electron chi connectivity index (χ1n) is 9.10. The summed E-state index contributed by atoms with van der Waals surface area (Å²) in [5.74, 6) is 0.605. The molecule has 1 saturated heterocycles. The van der Waals surface area contributed by atoms with Crippen LogP contribution in [0, 0.1) is 12.8 Å². The fourth-order valence-corrected chi connectivity index (χ4v) is 3.17. The van der Waals surface area contributed by atoms with E-state index < -0.39 is 5.60 Å². The predicted molar refractivity (Wildman–Crippen MR) is 99.6 cm³/mol. The normalized spacial score (nSPS) is 16.1. The molecule has 0 bridgehead atoms. The minimum absolute atomic E-state index is 0.180. The topological polar surface area (TPSA) is 41.6 Å². The van der Waals surface area contributed by atoms with Crippen molar-refractivity contribution in [3.8, 4) is 0 Å². The Labute approximate surface area is 146 Å². The largest absolute Gasteiger partial charge is 0.444 e. The minimum Gasteiger partial charge on any atom is -0.444 e. The molecule has 0 saturated carbocycles. The summed E-state index contributed by atoms with van der Waals surface area (Å²) in [6.45, 7) is 12.6. The summed E-state index contributed by atoms with van der Waals surface area (Å²) in [6, 6.07) is 6.48. The lowest BCUT2D eigenvalue weighted by molar-refractivity contribution is 0.0188. The van der Waals surface area contributed by atoms with Gasteiger partial charge in [-0.2, -0.15) is 0 Å². The van der Waals surface area contributed by atoms with Crippen molar-refractivity contribution in [2.24, 2.45) is 5.92 Å². The molecule has 1 fully saturated rings. The Morgan fingerprint density at radius 3 is 2.54 bits per heavy atom. The van der Waals surface area contributed by atoms with Gasteiger partial charge in [0.2, 0.25) is 0 Å². The molecular weight excluding hydrogens is 300 g/mol. The third kappa shape index (κ3) is 5.15. The highest BCUT2D eigenvalue weighted by atomic mass is 16.6. The van der Waals surface area contributed by atoms with E-state index >= 15 is 0 Å². The molecule has 0 aliphatic carbocycles. The lowest BCUT2D eigenvalue weighted by atomic mass is 9.96. The second-order valence-electron chi connectivity index (χ2n) is 7.75. The number of piperidine rings is 1. The SMILES string of the molecule is CCc1cccc(C)c1NCC1CCN(C(=O)OC(C)(C)C)CC1. The van der Waals surface area contributed by atoms with E-state index in [0.717, 1.165) is 38.9 Å². The Hall–Kier alpha value is -1.71. The number of anilines is 1. The van der Waals surface area contributed by atoms with E-state index in [1.54, 1.807) is 0 Å². The summed E-state index contributed by atoms with van der Waals surface area (Å²) < 4.78 is 5.46. The number of benzene rings is 1. The zero-order chi connectivity index (χ0) is 17.7. The molecule has 1 aromatic carbocycles. The van der Waals surface area contributed by atoms with E-state index in [-0.39, 0.29) is 6.09 Å². The number of amides is 1. The lowest BCUT2D eigenvalue weighted by Gasteiger charge is -2.33. The quantitative estimate of drug-likeness (QED) is 0.875. The zero-order valence-corrected chi connectivity index (χ0v) is 15.8. The van der Waals surface area contributed by atoms with Crippen LogP contribution in [0.5, 0.6) is 0 Å². The maximum Gasteiger partial charge on any atom is 0.410 e. The Kier molecular flexibility index (Phi) is 6.14. The van der Waals surface area contributed by atoms with Crippen LogP contribution in [0.2, 0.25) is 0 Å². The Bertz CT molecular complexity index is 555. The van der Waals surface area contributed by atoms with Crippen molar-refractivity contribution in [2.45, 2.75) is 59.5 Å². The molecule has 2 rings (SSSR count). The molecule has 1 aliphatic heterocycles. The van der Waals surface area contributed by atoms with E-state index in [1.807, 2.05) is 25.7 Å². The molecular formula is C20H32N2O2. The van der Waals surface area contributed by atoms with Gasteiger partial charge in [0, 0.05) is 25.3 Å². The van der Waals surface area contributed by atoms with Gasteiger partial charge in [0.15, 0.2) is 0 Å². The van der Waals surface area contributed by atoms with E-state index in [1.165, 1.54) is 16.8 Å². The van der Waals surface area contributed by atoms with Crippen LogP contribution in [0.25, 0.3) is 0 Å². The van der Waals surface area contributed by atoms with Crippen molar-refractivity contribution < 1.29 is 9.53 Å². The van der Waals surface area contributed by atoms with Crippen LogP contribution in [0.1, 0.15) is 51.7 Å². The van der Waals surface area contributed by atoms with Gasteiger partial charge in [-0.15, -0.1) is 0 Å². The highest BCUT2D eigenvalue weighted by Crippen LogP contribution is 2.24. The van der Waals surface area contributed by atoms with Gasteiger partial charge in [0.05, 0.1) is 0 Å². The molecule has 0 unspecified atom stereocenters. The van der Waals surface area contributed by atoms with Gasteiger partial charge in [-0.25, -0.2) is 4.79 Å². The van der Waals surface area contributed by atoms with Crippen LogP contribution in [-0.4, -0.2) is 36.2 Å². The number of carbonyl (C=O) groups excluding carboxylic acids is 1. The maximum atomic E-state index is 12.1. The Morgan fingerprint density at radius 1 is 1.29 bits per heavy atom. The standard InChI is InChI=1S/C20H32N2O2/c1-6-17-9-7-8-15(2)18(17)21-14-16-10-12-22(13-11-16)19(23)24-20(3,4)5/h7-9,16,21H,6,10-14H2,1-5H3. The van der Waals surface area contributed by atoms with E-state index in [0.29, 0.717) is 5.92 Å². The van der Waals surface area contributed by atoms with Gasteiger partial charge in [-0.05, 0) is 64.0 Å². The fourth-order valence-electron chi connectivity index (χ4n) is 3.17. The number of nitrogens with zero attached hydrogens (tertiary/aromatic N) is 1. The monoisotopic (exact) mass is 332 g/mol. The van der Waals surface area contributed by atoms with Crippen molar-refractivity contribution in [1.29, 1.82) is 0 Å². The summed E-state index contributed by atoms with van der Waals surface area (Å²) in [5, 5.41) is 3.65. The number of likely N-dealkylation sites (tertiary alicyclic amines) is 1. The fraction of sp³-hybridized carbons (Fsp3) is 0.650. The molecule has 1 aromatic rings. The molecule has 0 aromatic heterocycles. The van der Waals surface area contributed by atoms with Crippen molar-refractivity contribution in [2.75, 3.05) is 25.0 Å². The van der Waals surface area contributed by atoms with Crippen molar-refractivity contribution in [1.82, 2.24) is 4.90 Å². The number of aryl methyl sites for hydroxylation is 2. The lowest BCUT2D eigenvalue weighted by Crippen LogP contribution is -2.42. The third-order valence-electron chi connectivity index (χ3n) is 4.57. The smallest absolute Gasteiger partial charge is 0.410 e. The molecule has 4 nitrogen and oxygen atoms in total. The number of hydrogen-bond acceptors (Lipinski definition) is 3. The van der Waals surface area contributed by atoms with Crippen molar-refractivity contribution >= 4 is 11.8 Å². The first-order valence-corrected chi connectivity index (χ1v) is 9.10. The van der Waals surface area contributed by atoms with Crippen LogP contribution in [0.3, 0.4) is 0 Å². The molecule has 24 heavy (non-hydrogen) atoms. The highest BCUT2D eigenvalue weighted by molar-refractivity contribution is 5.68. The molecule has 0 radical (unpaired) electrons. The van der Waals surface area contributed by atoms with Crippen LogP contribution in [0.4, 0.5) is 10.5 Å². The number of rotatable bonds is 4. The van der Waals surface area contributed by atoms with Crippen molar-refractivity contribution in [3.63, 3.8) is 0 Å². The first kappa shape index (κ1) is 18.6. The number of para-hydroxylation sites is 1. The molecule has 134 valence electrons. The number of ether oxygens (including phenoxy) is 1. The summed E-state index contributed by atoms with van der Waals surface area (Å²) in [7, 11) is 0. The van der Waals surface area contributed by atoms with E-state index in [2.05, 4.69) is 37.4 Å². The van der Waals surface area contributed by atoms with Crippen LogP contribution >= 0.6 is 0 Å². The van der Waals surface area contributed by atoms with Gasteiger partial charge in [0.25, 0.3) is 0 Å². The molecule has 1 heterocycles. The van der Waals surface area contributed by atoms with Crippen LogP contribution < -0.4 is 5.32 Å².